The van der Waals surface area contributed by atoms with E-state index in [1.165, 1.54) is 19.3 Å². The molecule has 1 aromatic rings. The van der Waals surface area contributed by atoms with Gasteiger partial charge in [0.05, 0.1) is 23.7 Å². The van der Waals surface area contributed by atoms with Crippen LogP contribution in [0.4, 0.5) is 0 Å². The molecular formula is C18H24N2O3S. The summed E-state index contributed by atoms with van der Waals surface area (Å²) in [6, 6.07) is 8.18. The van der Waals surface area contributed by atoms with Crippen LogP contribution in [0, 0.1) is 11.8 Å². The molecule has 0 atom stereocenters. The van der Waals surface area contributed by atoms with Crippen LogP contribution in [0.5, 0.6) is 0 Å². The molecule has 0 bridgehead atoms. The Hall–Kier alpha value is -1.84. The van der Waals surface area contributed by atoms with Crippen LogP contribution in [0.15, 0.2) is 35.2 Å². The molecule has 130 valence electrons. The number of hydrogen-bond acceptors (Lipinski definition) is 4. The number of nitrogens with zero attached hydrogens (tertiary/aromatic N) is 1. The minimum absolute atomic E-state index is 0.0506. The van der Waals surface area contributed by atoms with Gasteiger partial charge in [-0.25, -0.2) is 8.42 Å². The van der Waals surface area contributed by atoms with Gasteiger partial charge in [-0.2, -0.15) is 0 Å². The summed E-state index contributed by atoms with van der Waals surface area (Å²) in [5.41, 5.74) is 0. The zero-order valence-corrected chi connectivity index (χ0v) is 14.6. The van der Waals surface area contributed by atoms with Gasteiger partial charge in [0.1, 0.15) is 0 Å². The fourth-order valence-electron chi connectivity index (χ4n) is 2.55. The summed E-state index contributed by atoms with van der Waals surface area (Å²) in [4.78, 5) is 14.3. The van der Waals surface area contributed by atoms with Gasteiger partial charge in [0.25, 0.3) is 0 Å². The Bertz CT molecular complexity index is 684. The number of hydrogen-bond donors (Lipinski definition) is 1. The number of carbonyl (C=O) groups is 1. The molecule has 1 heterocycles. The van der Waals surface area contributed by atoms with Gasteiger partial charge in [-0.05, 0) is 38.1 Å². The van der Waals surface area contributed by atoms with E-state index in [2.05, 4.69) is 22.1 Å². The molecule has 1 aliphatic rings. The first-order chi connectivity index (χ1) is 11.6. The van der Waals surface area contributed by atoms with E-state index in [4.69, 9.17) is 0 Å². The molecule has 0 aliphatic carbocycles. The molecule has 1 aliphatic heterocycles. The maximum absolute atomic E-state index is 12.1. The van der Waals surface area contributed by atoms with Crippen molar-refractivity contribution in [3.05, 3.63) is 30.3 Å². The van der Waals surface area contributed by atoms with Crippen LogP contribution in [0.3, 0.4) is 0 Å². The maximum atomic E-state index is 12.1. The maximum Gasteiger partial charge on any atom is 0.221 e. The summed E-state index contributed by atoms with van der Waals surface area (Å²) in [5, 5.41) is 2.65. The number of carbonyl (C=O) groups excluding carboxylic acids is 1. The highest BCUT2D eigenvalue weighted by molar-refractivity contribution is 7.91. The largest absolute Gasteiger partial charge is 0.345 e. The normalized spacial score (nSPS) is 15.3. The number of amides is 1. The molecule has 24 heavy (non-hydrogen) atoms. The zero-order chi connectivity index (χ0) is 17.3. The summed E-state index contributed by atoms with van der Waals surface area (Å²) < 4.78 is 24.1. The molecule has 0 radical (unpaired) electrons. The summed E-state index contributed by atoms with van der Waals surface area (Å²) in [7, 11) is -3.41. The molecule has 0 unspecified atom stereocenters. The average molecular weight is 348 g/mol. The van der Waals surface area contributed by atoms with Crippen molar-refractivity contribution in [1.82, 2.24) is 10.2 Å². The summed E-state index contributed by atoms with van der Waals surface area (Å²) >= 11 is 0. The van der Waals surface area contributed by atoms with Crippen LogP contribution < -0.4 is 5.32 Å². The highest BCUT2D eigenvalue weighted by Crippen LogP contribution is 2.11. The van der Waals surface area contributed by atoms with Crippen molar-refractivity contribution in [3.8, 4) is 11.8 Å². The smallest absolute Gasteiger partial charge is 0.221 e. The van der Waals surface area contributed by atoms with Gasteiger partial charge in [-0.3, -0.25) is 9.69 Å². The summed E-state index contributed by atoms with van der Waals surface area (Å²) in [5.74, 6) is 5.49. The lowest BCUT2D eigenvalue weighted by Crippen LogP contribution is -2.30. The Morgan fingerprint density at radius 3 is 2.50 bits per heavy atom. The molecule has 5 nitrogen and oxygen atoms in total. The van der Waals surface area contributed by atoms with Crippen molar-refractivity contribution < 1.29 is 13.2 Å². The molecule has 1 N–H and O–H groups in total. The molecule has 2 rings (SSSR count). The van der Waals surface area contributed by atoms with Crippen LogP contribution in [-0.4, -0.2) is 51.2 Å². The molecule has 6 heteroatoms. The van der Waals surface area contributed by atoms with Crippen LogP contribution in [-0.2, 0) is 14.6 Å². The number of sulfone groups is 1. The van der Waals surface area contributed by atoms with E-state index >= 15 is 0 Å². The Labute approximate surface area is 144 Å². The molecular weight excluding hydrogens is 324 g/mol. The molecule has 0 saturated carbocycles. The number of likely N-dealkylation sites (tertiary alicyclic amines) is 1. The number of piperidine rings is 1. The van der Waals surface area contributed by atoms with E-state index in [1.54, 1.807) is 30.3 Å². The Balaban J connectivity index is 1.66. The van der Waals surface area contributed by atoms with Crippen molar-refractivity contribution in [2.24, 2.45) is 0 Å². The second-order valence-corrected chi connectivity index (χ2v) is 7.96. The van der Waals surface area contributed by atoms with Crippen molar-refractivity contribution in [2.75, 3.05) is 31.9 Å². The standard InChI is InChI=1S/C18H24N2O3S/c21-18(11-16-24(22,23)17-9-3-1-4-10-17)19-12-5-8-15-20-13-6-2-7-14-20/h1,3-4,9-10H,2,6-7,11-16H2,(H,19,21). The first-order valence-corrected chi connectivity index (χ1v) is 9.96. The quantitative estimate of drug-likeness (QED) is 0.791. The van der Waals surface area contributed by atoms with Gasteiger partial charge in [0, 0.05) is 6.42 Å². The highest BCUT2D eigenvalue weighted by Gasteiger charge is 2.15. The van der Waals surface area contributed by atoms with Gasteiger partial charge in [-0.15, -0.1) is 0 Å². The lowest BCUT2D eigenvalue weighted by molar-refractivity contribution is -0.120. The van der Waals surface area contributed by atoms with E-state index in [1.807, 2.05) is 0 Å². The van der Waals surface area contributed by atoms with Crippen molar-refractivity contribution in [2.45, 2.75) is 30.6 Å². The van der Waals surface area contributed by atoms with E-state index in [9.17, 15) is 13.2 Å². The summed E-state index contributed by atoms with van der Waals surface area (Å²) in [6.07, 6.45) is 3.71. The minimum atomic E-state index is -3.41. The van der Waals surface area contributed by atoms with Crippen LogP contribution in [0.1, 0.15) is 25.7 Å². The third-order valence-electron chi connectivity index (χ3n) is 3.95. The first-order valence-electron chi connectivity index (χ1n) is 8.30. The van der Waals surface area contributed by atoms with Gasteiger partial charge in [-0.1, -0.05) is 36.5 Å². The van der Waals surface area contributed by atoms with Crippen LogP contribution in [0.2, 0.25) is 0 Å². The highest BCUT2D eigenvalue weighted by atomic mass is 32.2. The van der Waals surface area contributed by atoms with E-state index in [0.717, 1.165) is 19.6 Å². The molecule has 0 aromatic heterocycles. The SMILES string of the molecule is O=C(CCS(=O)(=O)c1ccccc1)NCC#CCN1CCCCC1. The Kier molecular flexibility index (Phi) is 7.29. The number of rotatable bonds is 6. The van der Waals surface area contributed by atoms with E-state index in [0.29, 0.717) is 0 Å². The average Bonchev–Trinajstić information content (AvgIpc) is 2.61. The fourth-order valence-corrected chi connectivity index (χ4v) is 3.81. The molecule has 0 spiro atoms. The Morgan fingerprint density at radius 2 is 1.79 bits per heavy atom. The third-order valence-corrected chi connectivity index (χ3v) is 5.68. The second kappa shape index (κ2) is 9.45. The zero-order valence-electron chi connectivity index (χ0n) is 13.8. The predicted molar refractivity (Wildman–Crippen MR) is 94.2 cm³/mol. The molecule has 1 saturated heterocycles. The first kappa shape index (κ1) is 18.5. The number of benzene rings is 1. The molecule has 1 fully saturated rings. The Morgan fingerprint density at radius 1 is 1.08 bits per heavy atom. The van der Waals surface area contributed by atoms with Gasteiger partial charge >= 0.3 is 0 Å². The van der Waals surface area contributed by atoms with Gasteiger partial charge in [0.15, 0.2) is 9.84 Å². The van der Waals surface area contributed by atoms with E-state index < -0.39 is 9.84 Å². The lowest BCUT2D eigenvalue weighted by Gasteiger charge is -2.23. The summed E-state index contributed by atoms with van der Waals surface area (Å²) in [6.45, 7) is 3.19. The fraction of sp³-hybridized carbons (Fsp3) is 0.500. The minimum Gasteiger partial charge on any atom is -0.345 e. The van der Waals surface area contributed by atoms with Crippen LogP contribution >= 0.6 is 0 Å². The van der Waals surface area contributed by atoms with E-state index in [-0.39, 0.29) is 29.5 Å². The van der Waals surface area contributed by atoms with Gasteiger partial charge < -0.3 is 5.32 Å². The topological polar surface area (TPSA) is 66.5 Å². The molecule has 1 amide bonds. The lowest BCUT2D eigenvalue weighted by atomic mass is 10.1. The van der Waals surface area contributed by atoms with Gasteiger partial charge in [0.2, 0.25) is 5.91 Å². The molecule has 1 aromatic carbocycles. The van der Waals surface area contributed by atoms with Crippen molar-refractivity contribution >= 4 is 15.7 Å². The van der Waals surface area contributed by atoms with Crippen molar-refractivity contribution in [1.29, 1.82) is 0 Å². The monoisotopic (exact) mass is 348 g/mol. The number of nitrogens with one attached hydrogen (secondary N) is 1. The van der Waals surface area contributed by atoms with Crippen LogP contribution in [0.25, 0.3) is 0 Å². The van der Waals surface area contributed by atoms with Crippen molar-refractivity contribution in [3.63, 3.8) is 0 Å². The predicted octanol–water partition coefficient (Wildman–Crippen LogP) is 1.46. The second-order valence-electron chi connectivity index (χ2n) is 5.85. The third kappa shape index (κ3) is 6.34.